The zero-order chi connectivity index (χ0) is 10.7. The number of nitrogens with zero attached hydrogens (tertiary/aromatic N) is 4. The minimum Gasteiger partial charge on any atom is -0.379 e. The quantitative estimate of drug-likeness (QED) is 0.737. The van der Waals surface area contributed by atoms with E-state index >= 15 is 0 Å². The lowest BCUT2D eigenvalue weighted by Crippen LogP contribution is -2.50. The molecule has 1 aliphatic heterocycles. The highest BCUT2D eigenvalue weighted by Crippen LogP contribution is 2.10. The summed E-state index contributed by atoms with van der Waals surface area (Å²) in [4.78, 5) is 12.6. The molecule has 0 radical (unpaired) electrons. The second kappa shape index (κ2) is 4.55. The zero-order valence-corrected chi connectivity index (χ0v) is 8.87. The largest absolute Gasteiger partial charge is 0.379 e. The normalized spacial score (nSPS) is 20.3. The number of aliphatic hydroxyl groups is 1. The Bertz CT molecular complexity index is 296. The molecule has 5 nitrogen and oxygen atoms in total. The maximum atomic E-state index is 9.41. The van der Waals surface area contributed by atoms with Crippen LogP contribution in [0, 0.1) is 0 Å². The third-order valence-electron chi connectivity index (χ3n) is 2.68. The Morgan fingerprint density at radius 3 is 2.33 bits per heavy atom. The average molecular weight is 208 g/mol. The molecule has 1 aromatic heterocycles. The van der Waals surface area contributed by atoms with E-state index in [1.54, 1.807) is 19.3 Å². The highest BCUT2D eigenvalue weighted by atomic mass is 16.3. The van der Waals surface area contributed by atoms with Crippen LogP contribution in [0.5, 0.6) is 0 Å². The molecule has 1 atom stereocenters. The van der Waals surface area contributed by atoms with Gasteiger partial charge >= 0.3 is 0 Å². The Morgan fingerprint density at radius 2 is 1.80 bits per heavy atom. The fourth-order valence-electron chi connectivity index (χ4n) is 1.75. The van der Waals surface area contributed by atoms with Crippen LogP contribution in [0.3, 0.4) is 0 Å². The molecule has 1 aliphatic rings. The summed E-state index contributed by atoms with van der Waals surface area (Å²) >= 11 is 0. The molecule has 15 heavy (non-hydrogen) atoms. The number of hydrogen-bond acceptors (Lipinski definition) is 5. The Labute approximate surface area is 89.4 Å². The van der Waals surface area contributed by atoms with Gasteiger partial charge in [0.15, 0.2) is 0 Å². The van der Waals surface area contributed by atoms with Crippen molar-refractivity contribution in [2.75, 3.05) is 31.1 Å². The van der Waals surface area contributed by atoms with Gasteiger partial charge in [0.25, 0.3) is 0 Å². The Morgan fingerprint density at radius 1 is 1.20 bits per heavy atom. The predicted octanol–water partition coefficient (Wildman–Crippen LogP) is -0.0631. The van der Waals surface area contributed by atoms with Crippen LogP contribution >= 0.6 is 0 Å². The van der Waals surface area contributed by atoms with Crippen LogP contribution in [0.2, 0.25) is 0 Å². The van der Waals surface area contributed by atoms with Crippen molar-refractivity contribution >= 4 is 5.95 Å². The van der Waals surface area contributed by atoms with Gasteiger partial charge in [-0.3, -0.25) is 4.90 Å². The van der Waals surface area contributed by atoms with Crippen molar-refractivity contribution in [1.29, 1.82) is 0 Å². The SMILES string of the molecule is CC(O)N1CCN(c2ncccn2)CC1. The Kier molecular flexibility index (Phi) is 3.13. The molecule has 82 valence electrons. The van der Waals surface area contributed by atoms with Crippen LogP contribution in [0.4, 0.5) is 5.95 Å². The lowest BCUT2D eigenvalue weighted by Gasteiger charge is -2.35. The summed E-state index contributed by atoms with van der Waals surface area (Å²) in [7, 11) is 0. The molecule has 0 spiro atoms. The molecule has 0 amide bonds. The van der Waals surface area contributed by atoms with Gasteiger partial charge in [0.2, 0.25) is 5.95 Å². The van der Waals surface area contributed by atoms with Crippen molar-refractivity contribution in [3.63, 3.8) is 0 Å². The van der Waals surface area contributed by atoms with Crippen LogP contribution in [0.1, 0.15) is 6.92 Å². The number of aromatic nitrogens is 2. The molecule has 0 aliphatic carbocycles. The third kappa shape index (κ3) is 2.43. The second-order valence-corrected chi connectivity index (χ2v) is 3.70. The van der Waals surface area contributed by atoms with Crippen molar-refractivity contribution in [1.82, 2.24) is 14.9 Å². The van der Waals surface area contributed by atoms with Crippen LogP contribution < -0.4 is 4.90 Å². The van der Waals surface area contributed by atoms with Crippen molar-refractivity contribution in [2.24, 2.45) is 0 Å². The van der Waals surface area contributed by atoms with Gasteiger partial charge in [0.05, 0.1) is 0 Å². The van der Waals surface area contributed by atoms with E-state index in [1.807, 2.05) is 11.0 Å². The molecular weight excluding hydrogens is 192 g/mol. The minimum absolute atomic E-state index is 0.358. The molecule has 5 heteroatoms. The van der Waals surface area contributed by atoms with Crippen molar-refractivity contribution in [3.05, 3.63) is 18.5 Å². The fraction of sp³-hybridized carbons (Fsp3) is 0.600. The summed E-state index contributed by atoms with van der Waals surface area (Å²) in [5.41, 5.74) is 0. The van der Waals surface area contributed by atoms with E-state index in [2.05, 4.69) is 14.9 Å². The minimum atomic E-state index is -0.358. The molecular formula is C10H16N4O. The number of anilines is 1. The summed E-state index contributed by atoms with van der Waals surface area (Å²) in [5.74, 6) is 0.780. The molecule has 1 saturated heterocycles. The molecule has 0 aromatic carbocycles. The van der Waals surface area contributed by atoms with E-state index in [1.165, 1.54) is 0 Å². The van der Waals surface area contributed by atoms with Crippen molar-refractivity contribution in [3.8, 4) is 0 Å². The van der Waals surface area contributed by atoms with Crippen LogP contribution in [-0.4, -0.2) is 52.4 Å². The average Bonchev–Trinajstić information content (AvgIpc) is 2.30. The maximum absolute atomic E-state index is 9.41. The van der Waals surface area contributed by atoms with Gasteiger partial charge in [0.1, 0.15) is 6.23 Å². The van der Waals surface area contributed by atoms with Gasteiger partial charge in [-0.15, -0.1) is 0 Å². The van der Waals surface area contributed by atoms with Gasteiger partial charge in [-0.1, -0.05) is 0 Å². The summed E-state index contributed by atoms with van der Waals surface area (Å²) in [6, 6.07) is 1.82. The number of aliphatic hydroxyl groups excluding tert-OH is 1. The van der Waals surface area contributed by atoms with Gasteiger partial charge in [-0.05, 0) is 13.0 Å². The Hall–Kier alpha value is -1.20. The van der Waals surface area contributed by atoms with E-state index in [0.717, 1.165) is 32.1 Å². The number of rotatable bonds is 2. The summed E-state index contributed by atoms with van der Waals surface area (Å²) < 4.78 is 0. The van der Waals surface area contributed by atoms with E-state index in [4.69, 9.17) is 0 Å². The van der Waals surface area contributed by atoms with Crippen LogP contribution in [0.25, 0.3) is 0 Å². The standard InChI is InChI=1S/C10H16N4O/c1-9(15)13-5-7-14(8-6-13)10-11-3-2-4-12-10/h2-4,9,15H,5-8H2,1H3. The van der Waals surface area contributed by atoms with Crippen LogP contribution in [0.15, 0.2) is 18.5 Å². The molecule has 0 bridgehead atoms. The van der Waals surface area contributed by atoms with E-state index in [-0.39, 0.29) is 6.23 Å². The molecule has 1 unspecified atom stereocenters. The molecule has 1 fully saturated rings. The summed E-state index contributed by atoms with van der Waals surface area (Å²) in [6.07, 6.45) is 3.15. The first-order chi connectivity index (χ1) is 7.27. The highest BCUT2D eigenvalue weighted by molar-refractivity contribution is 5.29. The van der Waals surface area contributed by atoms with Crippen molar-refractivity contribution in [2.45, 2.75) is 13.2 Å². The molecule has 2 rings (SSSR count). The second-order valence-electron chi connectivity index (χ2n) is 3.70. The lowest BCUT2D eigenvalue weighted by atomic mass is 10.3. The molecule has 0 saturated carbocycles. The monoisotopic (exact) mass is 208 g/mol. The molecule has 2 heterocycles. The summed E-state index contributed by atoms with van der Waals surface area (Å²) in [6.45, 7) is 5.25. The van der Waals surface area contributed by atoms with Gasteiger partial charge in [0, 0.05) is 38.6 Å². The molecule has 1 aromatic rings. The first kappa shape index (κ1) is 10.3. The fourth-order valence-corrected chi connectivity index (χ4v) is 1.75. The third-order valence-corrected chi connectivity index (χ3v) is 2.68. The van der Waals surface area contributed by atoms with Crippen LogP contribution in [-0.2, 0) is 0 Å². The topological polar surface area (TPSA) is 52.5 Å². The van der Waals surface area contributed by atoms with E-state index in [0.29, 0.717) is 0 Å². The first-order valence-electron chi connectivity index (χ1n) is 5.21. The van der Waals surface area contributed by atoms with Crippen molar-refractivity contribution < 1.29 is 5.11 Å². The Balaban J connectivity index is 1.94. The summed E-state index contributed by atoms with van der Waals surface area (Å²) in [5, 5.41) is 9.41. The lowest BCUT2D eigenvalue weighted by molar-refractivity contribution is 0.0151. The predicted molar refractivity (Wildman–Crippen MR) is 57.5 cm³/mol. The maximum Gasteiger partial charge on any atom is 0.225 e. The zero-order valence-electron chi connectivity index (χ0n) is 8.87. The first-order valence-corrected chi connectivity index (χ1v) is 5.21. The van der Waals surface area contributed by atoms with Gasteiger partial charge < -0.3 is 10.0 Å². The number of hydrogen-bond donors (Lipinski definition) is 1. The van der Waals surface area contributed by atoms with E-state index in [9.17, 15) is 5.11 Å². The van der Waals surface area contributed by atoms with E-state index < -0.39 is 0 Å². The number of piperazine rings is 1. The van der Waals surface area contributed by atoms with Gasteiger partial charge in [-0.25, -0.2) is 9.97 Å². The molecule has 1 N–H and O–H groups in total. The highest BCUT2D eigenvalue weighted by Gasteiger charge is 2.20. The van der Waals surface area contributed by atoms with Gasteiger partial charge in [-0.2, -0.15) is 0 Å². The smallest absolute Gasteiger partial charge is 0.225 e.